The summed E-state index contributed by atoms with van der Waals surface area (Å²) in [7, 11) is 4.38. The van der Waals surface area contributed by atoms with Gasteiger partial charge in [0.15, 0.2) is 0 Å². The lowest BCUT2D eigenvalue weighted by Gasteiger charge is -2.44. The van der Waals surface area contributed by atoms with E-state index in [9.17, 15) is 4.39 Å². The van der Waals surface area contributed by atoms with E-state index in [1.54, 1.807) is 6.07 Å². The molecule has 1 aliphatic carbocycles. The zero-order valence-electron chi connectivity index (χ0n) is 13.7. The number of hydrogen-bond donors (Lipinski definition) is 1. The van der Waals surface area contributed by atoms with Crippen LogP contribution in [0.5, 0.6) is 0 Å². The molecule has 0 radical (unpaired) electrons. The van der Waals surface area contributed by atoms with Gasteiger partial charge in [0.2, 0.25) is 0 Å². The van der Waals surface area contributed by atoms with Crippen LogP contribution in [0.3, 0.4) is 0 Å². The molecule has 0 bridgehead atoms. The van der Waals surface area contributed by atoms with Crippen LogP contribution in [0.25, 0.3) is 0 Å². The average molecular weight is 292 g/mol. The Labute approximate surface area is 128 Å². The molecule has 0 heterocycles. The second-order valence-electron chi connectivity index (χ2n) is 6.55. The lowest BCUT2D eigenvalue weighted by Crippen LogP contribution is -2.58. The Morgan fingerprint density at radius 3 is 2.57 bits per heavy atom. The molecule has 3 heteroatoms. The van der Waals surface area contributed by atoms with Crippen LogP contribution in [0.15, 0.2) is 24.3 Å². The van der Waals surface area contributed by atoms with Crippen LogP contribution >= 0.6 is 0 Å². The van der Waals surface area contributed by atoms with E-state index in [0.717, 1.165) is 24.9 Å². The normalized spacial score (nSPS) is 19.1. The van der Waals surface area contributed by atoms with Crippen LogP contribution in [0.4, 0.5) is 4.39 Å². The fourth-order valence-electron chi connectivity index (χ4n) is 3.76. The first-order valence-electron chi connectivity index (χ1n) is 8.24. The summed E-state index contributed by atoms with van der Waals surface area (Å²) >= 11 is 0. The first-order chi connectivity index (χ1) is 10.1. The zero-order valence-corrected chi connectivity index (χ0v) is 13.7. The van der Waals surface area contributed by atoms with Gasteiger partial charge in [-0.15, -0.1) is 0 Å². The highest BCUT2D eigenvalue weighted by Crippen LogP contribution is 2.37. The Morgan fingerprint density at radius 2 is 2.00 bits per heavy atom. The third-order valence-electron chi connectivity index (χ3n) is 4.98. The molecule has 1 fully saturated rings. The summed E-state index contributed by atoms with van der Waals surface area (Å²) in [4.78, 5) is 2.40. The van der Waals surface area contributed by atoms with Gasteiger partial charge in [0, 0.05) is 11.6 Å². The van der Waals surface area contributed by atoms with E-state index in [-0.39, 0.29) is 11.4 Å². The van der Waals surface area contributed by atoms with Gasteiger partial charge in [-0.25, -0.2) is 4.39 Å². The van der Waals surface area contributed by atoms with E-state index in [4.69, 9.17) is 0 Å². The molecule has 1 N–H and O–H groups in total. The van der Waals surface area contributed by atoms with Gasteiger partial charge in [-0.3, -0.25) is 0 Å². The summed E-state index contributed by atoms with van der Waals surface area (Å²) in [5.41, 5.74) is 1.30. The molecular weight excluding hydrogens is 263 g/mol. The van der Waals surface area contributed by atoms with Gasteiger partial charge in [-0.05, 0) is 64.0 Å². The maximum Gasteiger partial charge on any atom is 0.123 e. The van der Waals surface area contributed by atoms with Crippen LogP contribution in [-0.4, -0.2) is 37.1 Å². The lowest BCUT2D eigenvalue weighted by atomic mass is 9.83. The molecule has 0 amide bonds. The standard InChI is InChI=1S/C18H29FN2/c1-4-12-20-17(14-15-8-7-9-16(19)13-15)18(21(2)3)10-5-6-11-18/h7-9,13,17,20H,4-6,10-12,14H2,1-3H3. The molecule has 0 aliphatic heterocycles. The fourth-order valence-corrected chi connectivity index (χ4v) is 3.76. The number of nitrogens with zero attached hydrogens (tertiary/aromatic N) is 1. The molecule has 1 aromatic carbocycles. The first kappa shape index (κ1) is 16.4. The van der Waals surface area contributed by atoms with Gasteiger partial charge in [-0.1, -0.05) is 31.9 Å². The van der Waals surface area contributed by atoms with E-state index >= 15 is 0 Å². The number of halogens is 1. The lowest BCUT2D eigenvalue weighted by molar-refractivity contribution is 0.104. The molecule has 0 aromatic heterocycles. The van der Waals surface area contributed by atoms with Crippen LogP contribution in [0.2, 0.25) is 0 Å². The van der Waals surface area contributed by atoms with Crippen LogP contribution in [0.1, 0.15) is 44.6 Å². The fraction of sp³-hybridized carbons (Fsp3) is 0.667. The topological polar surface area (TPSA) is 15.3 Å². The molecule has 118 valence electrons. The van der Waals surface area contributed by atoms with Crippen molar-refractivity contribution in [2.24, 2.45) is 0 Å². The van der Waals surface area contributed by atoms with Crippen LogP contribution < -0.4 is 5.32 Å². The van der Waals surface area contributed by atoms with Crippen molar-refractivity contribution in [1.29, 1.82) is 0 Å². The third kappa shape index (κ3) is 3.83. The smallest absolute Gasteiger partial charge is 0.123 e. The first-order valence-corrected chi connectivity index (χ1v) is 8.24. The van der Waals surface area contributed by atoms with E-state index in [2.05, 4.69) is 31.2 Å². The van der Waals surface area contributed by atoms with E-state index in [1.807, 2.05) is 12.1 Å². The van der Waals surface area contributed by atoms with Crippen molar-refractivity contribution in [1.82, 2.24) is 10.2 Å². The van der Waals surface area contributed by atoms with Crippen molar-refractivity contribution < 1.29 is 4.39 Å². The monoisotopic (exact) mass is 292 g/mol. The van der Waals surface area contributed by atoms with Gasteiger partial charge in [0.05, 0.1) is 0 Å². The van der Waals surface area contributed by atoms with Crippen molar-refractivity contribution in [3.05, 3.63) is 35.6 Å². The summed E-state index contributed by atoms with van der Waals surface area (Å²) in [6.07, 6.45) is 7.09. The summed E-state index contributed by atoms with van der Waals surface area (Å²) in [6, 6.07) is 7.45. The molecule has 1 unspecified atom stereocenters. The van der Waals surface area contributed by atoms with Gasteiger partial charge in [0.1, 0.15) is 5.82 Å². The highest BCUT2D eigenvalue weighted by Gasteiger charge is 2.42. The van der Waals surface area contributed by atoms with Crippen molar-refractivity contribution in [2.75, 3.05) is 20.6 Å². The quantitative estimate of drug-likeness (QED) is 0.826. The minimum atomic E-state index is -0.132. The van der Waals surface area contributed by atoms with Crippen molar-refractivity contribution in [3.63, 3.8) is 0 Å². The van der Waals surface area contributed by atoms with Gasteiger partial charge < -0.3 is 10.2 Å². The van der Waals surface area contributed by atoms with E-state index in [0.29, 0.717) is 6.04 Å². The second kappa shape index (κ2) is 7.37. The van der Waals surface area contributed by atoms with Crippen LogP contribution in [0, 0.1) is 5.82 Å². The summed E-state index contributed by atoms with van der Waals surface area (Å²) in [5.74, 6) is -0.132. The largest absolute Gasteiger partial charge is 0.312 e. The van der Waals surface area contributed by atoms with Crippen molar-refractivity contribution in [2.45, 2.75) is 57.0 Å². The molecule has 1 saturated carbocycles. The van der Waals surface area contributed by atoms with Crippen molar-refractivity contribution in [3.8, 4) is 0 Å². The molecule has 0 saturated heterocycles. The molecular formula is C18H29FN2. The average Bonchev–Trinajstić information content (AvgIpc) is 2.94. The van der Waals surface area contributed by atoms with Gasteiger partial charge >= 0.3 is 0 Å². The Kier molecular flexibility index (Phi) is 5.77. The highest BCUT2D eigenvalue weighted by molar-refractivity contribution is 5.19. The summed E-state index contributed by atoms with van der Waals surface area (Å²) in [6.45, 7) is 3.22. The summed E-state index contributed by atoms with van der Waals surface area (Å²) in [5, 5.41) is 3.74. The number of benzene rings is 1. The van der Waals surface area contributed by atoms with Gasteiger partial charge in [-0.2, -0.15) is 0 Å². The SMILES string of the molecule is CCCNC(Cc1cccc(F)c1)C1(N(C)C)CCCC1. The number of likely N-dealkylation sites (N-methyl/N-ethyl adjacent to an activating group) is 1. The highest BCUT2D eigenvalue weighted by atomic mass is 19.1. The maximum absolute atomic E-state index is 13.5. The Balaban J connectivity index is 2.20. The number of nitrogens with one attached hydrogen (secondary N) is 1. The predicted octanol–water partition coefficient (Wildman–Crippen LogP) is 3.61. The molecule has 1 aliphatic rings. The van der Waals surface area contributed by atoms with Crippen LogP contribution in [-0.2, 0) is 6.42 Å². The van der Waals surface area contributed by atoms with Crippen molar-refractivity contribution >= 4 is 0 Å². The molecule has 1 aromatic rings. The maximum atomic E-state index is 13.5. The Morgan fingerprint density at radius 1 is 1.29 bits per heavy atom. The minimum absolute atomic E-state index is 0.132. The Hall–Kier alpha value is -0.930. The Bertz CT molecular complexity index is 439. The minimum Gasteiger partial charge on any atom is -0.312 e. The van der Waals surface area contributed by atoms with E-state index < -0.39 is 0 Å². The zero-order chi connectivity index (χ0) is 15.3. The molecule has 0 spiro atoms. The molecule has 2 nitrogen and oxygen atoms in total. The van der Waals surface area contributed by atoms with E-state index in [1.165, 1.54) is 31.7 Å². The van der Waals surface area contributed by atoms with Gasteiger partial charge in [0.25, 0.3) is 0 Å². The number of hydrogen-bond acceptors (Lipinski definition) is 2. The summed E-state index contributed by atoms with van der Waals surface area (Å²) < 4.78 is 13.5. The second-order valence-corrected chi connectivity index (χ2v) is 6.55. The molecule has 1 atom stereocenters. The molecule has 21 heavy (non-hydrogen) atoms. The number of rotatable bonds is 7. The molecule has 2 rings (SSSR count). The third-order valence-corrected chi connectivity index (χ3v) is 4.98. The predicted molar refractivity (Wildman–Crippen MR) is 87.1 cm³/mol.